The number of carbonyl (C=O) groups is 2. The second-order valence-electron chi connectivity index (χ2n) is 6.98. The number of aromatic nitrogens is 1. The maximum Gasteiger partial charge on any atom is 0.188 e. The molecule has 2 aliphatic rings. The Bertz CT molecular complexity index is 1210. The van der Waals surface area contributed by atoms with Crippen molar-refractivity contribution in [3.05, 3.63) is 95.3 Å². The number of nitrogens with zero attached hydrogens (tertiary/aromatic N) is 1. The lowest BCUT2D eigenvalue weighted by Gasteiger charge is -2.23. The number of benzene rings is 2. The normalized spacial score (nSPS) is 14.5. The predicted molar refractivity (Wildman–Crippen MR) is 111 cm³/mol. The molecule has 29 heavy (non-hydrogen) atoms. The molecule has 0 saturated heterocycles. The topological polar surface area (TPSA) is 56.3 Å². The van der Waals surface area contributed by atoms with Gasteiger partial charge in [-0.3, -0.25) is 14.6 Å². The molecule has 4 heteroatoms. The van der Waals surface area contributed by atoms with Gasteiger partial charge >= 0.3 is 0 Å². The van der Waals surface area contributed by atoms with E-state index in [0.29, 0.717) is 52.4 Å². The van der Waals surface area contributed by atoms with E-state index in [2.05, 4.69) is 4.98 Å². The summed E-state index contributed by atoms with van der Waals surface area (Å²) in [4.78, 5) is 30.4. The minimum Gasteiger partial charge on any atom is -0.457 e. The molecule has 1 aromatic heterocycles. The number of rotatable bonds is 3. The van der Waals surface area contributed by atoms with E-state index in [4.69, 9.17) is 4.74 Å². The van der Waals surface area contributed by atoms with Gasteiger partial charge in [0.2, 0.25) is 0 Å². The molecule has 0 unspecified atom stereocenters. The average molecular weight is 379 g/mol. The van der Waals surface area contributed by atoms with Crippen molar-refractivity contribution >= 4 is 17.6 Å². The van der Waals surface area contributed by atoms with E-state index in [1.54, 1.807) is 6.08 Å². The smallest absolute Gasteiger partial charge is 0.188 e. The summed E-state index contributed by atoms with van der Waals surface area (Å²) in [6.45, 7) is 0. The van der Waals surface area contributed by atoms with Crippen LogP contribution in [0.3, 0.4) is 0 Å². The van der Waals surface area contributed by atoms with Crippen molar-refractivity contribution in [3.8, 4) is 22.6 Å². The second kappa shape index (κ2) is 6.99. The summed E-state index contributed by atoms with van der Waals surface area (Å²) in [5.74, 6) is 1.12. The number of carbonyl (C=O) groups excluding carboxylic acids is 2. The molecule has 0 amide bonds. The van der Waals surface area contributed by atoms with Crippen molar-refractivity contribution in [2.45, 2.75) is 12.8 Å². The van der Waals surface area contributed by atoms with Crippen LogP contribution in [0.4, 0.5) is 0 Å². The van der Waals surface area contributed by atoms with Gasteiger partial charge in [-0.15, -0.1) is 0 Å². The number of hydrogen-bond acceptors (Lipinski definition) is 4. The van der Waals surface area contributed by atoms with Crippen LogP contribution in [0, 0.1) is 0 Å². The standard InChI is InChI=1S/C25H17NO3/c27-20-13-6-11-18-24(20)23(25-19(26-18)12-7-14-21(25)28)17-10-4-5-15-22(17)29-16-8-2-1-3-9-16/h1-11,14-15H,12-13H2. The average Bonchev–Trinajstić information content (AvgIpc) is 2.74. The van der Waals surface area contributed by atoms with Crippen molar-refractivity contribution in [2.75, 3.05) is 0 Å². The number of ether oxygens (including phenoxy) is 1. The highest BCUT2D eigenvalue weighted by molar-refractivity contribution is 6.17. The fraction of sp³-hybridized carbons (Fsp3) is 0.0800. The zero-order valence-electron chi connectivity index (χ0n) is 15.6. The summed E-state index contributed by atoms with van der Waals surface area (Å²) in [6.07, 6.45) is 7.92. The molecule has 140 valence electrons. The molecule has 5 rings (SSSR count). The Balaban J connectivity index is 1.79. The van der Waals surface area contributed by atoms with E-state index in [9.17, 15) is 9.59 Å². The van der Waals surface area contributed by atoms with Gasteiger partial charge in [-0.05, 0) is 30.4 Å². The minimum atomic E-state index is -0.131. The molecule has 0 aliphatic heterocycles. The van der Waals surface area contributed by atoms with Gasteiger partial charge in [0.05, 0.1) is 22.5 Å². The first-order valence-electron chi connectivity index (χ1n) is 9.52. The first kappa shape index (κ1) is 17.3. The van der Waals surface area contributed by atoms with Crippen LogP contribution in [0.1, 0.15) is 38.5 Å². The number of Topliss-reactive ketones (excluding diaryl/α,β-unsaturated/α-hetero) is 1. The summed E-state index contributed by atoms with van der Waals surface area (Å²) >= 11 is 0. The SMILES string of the molecule is O=C1CC=Cc2nc3c(c(-c4ccccc4Oc4ccccc4)c21)C(=O)C=CC3. The summed E-state index contributed by atoms with van der Waals surface area (Å²) in [5, 5.41) is 0. The number of fused-ring (bicyclic) bond motifs is 2. The minimum absolute atomic E-state index is 0.0373. The third kappa shape index (κ3) is 2.99. The summed E-state index contributed by atoms with van der Waals surface area (Å²) in [5.41, 5.74) is 3.66. The van der Waals surface area contributed by atoms with Crippen LogP contribution in [-0.2, 0) is 6.42 Å². The lowest BCUT2D eigenvalue weighted by molar-refractivity contribution is 0.0994. The Labute approximate surface area is 168 Å². The van der Waals surface area contributed by atoms with E-state index in [-0.39, 0.29) is 11.6 Å². The third-order valence-corrected chi connectivity index (χ3v) is 5.11. The third-order valence-electron chi connectivity index (χ3n) is 5.11. The van der Waals surface area contributed by atoms with E-state index >= 15 is 0 Å². The van der Waals surface area contributed by atoms with Crippen LogP contribution in [-0.4, -0.2) is 16.6 Å². The molecule has 0 spiro atoms. The highest BCUT2D eigenvalue weighted by atomic mass is 16.5. The van der Waals surface area contributed by atoms with Crippen molar-refractivity contribution in [3.63, 3.8) is 0 Å². The van der Waals surface area contributed by atoms with E-state index in [1.165, 1.54) is 0 Å². The maximum atomic E-state index is 12.9. The lowest BCUT2D eigenvalue weighted by Crippen LogP contribution is -2.18. The van der Waals surface area contributed by atoms with Crippen LogP contribution in [0.5, 0.6) is 11.5 Å². The molecule has 0 saturated carbocycles. The van der Waals surface area contributed by atoms with Gasteiger partial charge in [-0.1, -0.05) is 48.6 Å². The van der Waals surface area contributed by atoms with Crippen LogP contribution < -0.4 is 4.74 Å². The molecule has 4 nitrogen and oxygen atoms in total. The van der Waals surface area contributed by atoms with Crippen LogP contribution in [0.15, 0.2) is 72.8 Å². The van der Waals surface area contributed by atoms with E-state index in [0.717, 1.165) is 5.56 Å². The van der Waals surface area contributed by atoms with Crippen molar-refractivity contribution in [2.24, 2.45) is 0 Å². The van der Waals surface area contributed by atoms with Crippen molar-refractivity contribution in [1.29, 1.82) is 0 Å². The Morgan fingerprint density at radius 3 is 2.38 bits per heavy atom. The summed E-state index contributed by atoms with van der Waals surface area (Å²) < 4.78 is 6.14. The molecule has 0 bridgehead atoms. The van der Waals surface area contributed by atoms with Gasteiger partial charge in [0.25, 0.3) is 0 Å². The number of para-hydroxylation sites is 2. The Kier molecular flexibility index (Phi) is 4.17. The van der Waals surface area contributed by atoms with Crippen LogP contribution >= 0.6 is 0 Å². The fourth-order valence-corrected chi connectivity index (χ4v) is 3.86. The predicted octanol–water partition coefficient (Wildman–Crippen LogP) is 5.44. The number of ketones is 2. The molecule has 1 heterocycles. The van der Waals surface area contributed by atoms with Gasteiger partial charge in [-0.2, -0.15) is 0 Å². The van der Waals surface area contributed by atoms with E-state index < -0.39 is 0 Å². The van der Waals surface area contributed by atoms with Crippen molar-refractivity contribution < 1.29 is 14.3 Å². The lowest BCUT2D eigenvalue weighted by atomic mass is 9.83. The van der Waals surface area contributed by atoms with Crippen molar-refractivity contribution in [1.82, 2.24) is 4.98 Å². The molecule has 0 atom stereocenters. The zero-order valence-corrected chi connectivity index (χ0v) is 15.6. The number of pyridine rings is 1. The molecule has 0 N–H and O–H groups in total. The van der Waals surface area contributed by atoms with Gasteiger partial charge in [0.15, 0.2) is 11.6 Å². The molecular formula is C25H17NO3. The van der Waals surface area contributed by atoms with E-state index in [1.807, 2.05) is 72.8 Å². The Morgan fingerprint density at radius 1 is 0.759 bits per heavy atom. The largest absolute Gasteiger partial charge is 0.457 e. The Hall–Kier alpha value is -3.79. The van der Waals surface area contributed by atoms with Crippen LogP contribution in [0.25, 0.3) is 17.2 Å². The molecular weight excluding hydrogens is 362 g/mol. The summed E-state index contributed by atoms with van der Waals surface area (Å²) in [6, 6.07) is 17.0. The number of allylic oxidation sites excluding steroid dienone is 3. The monoisotopic (exact) mass is 379 g/mol. The highest BCUT2D eigenvalue weighted by Gasteiger charge is 2.30. The molecule has 3 aromatic rings. The molecule has 2 aliphatic carbocycles. The molecule has 2 aromatic carbocycles. The second-order valence-corrected chi connectivity index (χ2v) is 6.98. The van der Waals surface area contributed by atoms with Gasteiger partial charge in [-0.25, -0.2) is 0 Å². The quantitative estimate of drug-likeness (QED) is 0.608. The molecule has 0 fully saturated rings. The first-order valence-corrected chi connectivity index (χ1v) is 9.52. The Morgan fingerprint density at radius 2 is 1.52 bits per heavy atom. The summed E-state index contributed by atoms with van der Waals surface area (Å²) in [7, 11) is 0. The van der Waals surface area contributed by atoms with Crippen LogP contribution in [0.2, 0.25) is 0 Å². The highest BCUT2D eigenvalue weighted by Crippen LogP contribution is 2.41. The first-order chi connectivity index (χ1) is 14.2. The van der Waals surface area contributed by atoms with Gasteiger partial charge in [0.1, 0.15) is 11.5 Å². The zero-order chi connectivity index (χ0) is 19.8. The number of hydrogen-bond donors (Lipinski definition) is 0. The van der Waals surface area contributed by atoms with Gasteiger partial charge < -0.3 is 4.74 Å². The maximum absolute atomic E-state index is 12.9. The van der Waals surface area contributed by atoms with Gasteiger partial charge in [0, 0.05) is 24.0 Å². The fourth-order valence-electron chi connectivity index (χ4n) is 3.86. The molecule has 0 radical (unpaired) electrons.